The summed E-state index contributed by atoms with van der Waals surface area (Å²) in [7, 11) is 2.02. The highest BCUT2D eigenvalue weighted by Gasteiger charge is 2.43. The van der Waals surface area contributed by atoms with Crippen LogP contribution in [0.5, 0.6) is 5.75 Å². The predicted molar refractivity (Wildman–Crippen MR) is 114 cm³/mol. The Balaban J connectivity index is 1.63. The molecule has 2 aliphatic heterocycles. The maximum Gasteiger partial charge on any atom is 0.241 e. The van der Waals surface area contributed by atoms with E-state index >= 15 is 0 Å². The van der Waals surface area contributed by atoms with Crippen LogP contribution in [-0.4, -0.2) is 25.5 Å². The molecule has 0 radical (unpaired) electrons. The van der Waals surface area contributed by atoms with Gasteiger partial charge in [-0.2, -0.15) is 0 Å². The van der Waals surface area contributed by atoms with Crippen LogP contribution in [0.15, 0.2) is 60.3 Å². The summed E-state index contributed by atoms with van der Waals surface area (Å²) in [5, 5.41) is 0. The van der Waals surface area contributed by atoms with E-state index in [9.17, 15) is 9.59 Å². The van der Waals surface area contributed by atoms with Gasteiger partial charge in [-0.1, -0.05) is 38.1 Å². The zero-order chi connectivity index (χ0) is 20.8. The number of likely N-dealkylation sites (N-methyl/N-ethyl adjacent to an activating group) is 1. The number of amides is 2. The first-order chi connectivity index (χ1) is 13.8. The number of carbonyl (C=O) groups excluding carboxylic acids is 2. The van der Waals surface area contributed by atoms with E-state index in [0.717, 1.165) is 17.1 Å². The topological polar surface area (TPSA) is 49.9 Å². The summed E-state index contributed by atoms with van der Waals surface area (Å²) in [5.74, 6) is -0.0787. The summed E-state index contributed by atoms with van der Waals surface area (Å²) in [4.78, 5) is 29.2. The zero-order valence-electron chi connectivity index (χ0n) is 17.3. The standard InChI is InChI=1S/C24H26N2O3/c1-5-29-18-12-10-17(11-13-18)26-22(27)15-16(23(26)28)14-21-24(2,3)19-8-6-7-9-20(19)25(21)4/h6-14,16H,5,15H2,1-4H3/b21-14-/t16-/m0/s1. The van der Waals surface area contributed by atoms with Crippen molar-refractivity contribution in [1.29, 1.82) is 0 Å². The van der Waals surface area contributed by atoms with Crippen LogP contribution < -0.4 is 14.5 Å². The second kappa shape index (κ2) is 7.07. The molecule has 0 bridgehead atoms. The molecule has 2 aliphatic rings. The van der Waals surface area contributed by atoms with E-state index in [2.05, 4.69) is 30.9 Å². The van der Waals surface area contributed by atoms with Gasteiger partial charge in [0.25, 0.3) is 0 Å². The van der Waals surface area contributed by atoms with Gasteiger partial charge in [-0.05, 0) is 42.8 Å². The molecule has 1 saturated heterocycles. The molecular weight excluding hydrogens is 364 g/mol. The molecule has 29 heavy (non-hydrogen) atoms. The number of hydrogen-bond donors (Lipinski definition) is 0. The third-order valence-electron chi connectivity index (χ3n) is 5.89. The first-order valence-electron chi connectivity index (χ1n) is 9.99. The number of nitrogens with zero attached hydrogens (tertiary/aromatic N) is 2. The van der Waals surface area contributed by atoms with E-state index in [4.69, 9.17) is 4.74 Å². The number of anilines is 2. The quantitative estimate of drug-likeness (QED) is 0.732. The Kier molecular flexibility index (Phi) is 4.69. The maximum absolute atomic E-state index is 13.1. The van der Waals surface area contributed by atoms with Crippen LogP contribution in [0.3, 0.4) is 0 Å². The first-order valence-corrected chi connectivity index (χ1v) is 9.99. The van der Waals surface area contributed by atoms with Gasteiger partial charge in [0, 0.05) is 30.3 Å². The van der Waals surface area contributed by atoms with Crippen LogP contribution in [0.4, 0.5) is 11.4 Å². The average molecular weight is 390 g/mol. The number of imide groups is 1. The minimum absolute atomic E-state index is 0.169. The minimum Gasteiger partial charge on any atom is -0.494 e. The van der Waals surface area contributed by atoms with Gasteiger partial charge in [-0.15, -0.1) is 0 Å². The van der Waals surface area contributed by atoms with Crippen LogP contribution in [0.25, 0.3) is 0 Å². The van der Waals surface area contributed by atoms with Crippen molar-refractivity contribution in [1.82, 2.24) is 0 Å². The molecule has 0 N–H and O–H groups in total. The molecule has 150 valence electrons. The molecule has 4 rings (SSSR count). The van der Waals surface area contributed by atoms with Crippen molar-refractivity contribution in [2.75, 3.05) is 23.5 Å². The Hall–Kier alpha value is -3.08. The van der Waals surface area contributed by atoms with Gasteiger partial charge in [0.15, 0.2) is 0 Å². The maximum atomic E-state index is 13.1. The molecule has 2 amide bonds. The number of rotatable bonds is 4. The van der Waals surface area contributed by atoms with Crippen LogP contribution in [0.1, 0.15) is 32.8 Å². The average Bonchev–Trinajstić information content (AvgIpc) is 3.09. The molecule has 5 heteroatoms. The Bertz CT molecular complexity index is 991. The van der Waals surface area contributed by atoms with Gasteiger partial charge in [0.2, 0.25) is 11.8 Å². The number of ether oxygens (including phenoxy) is 1. The van der Waals surface area contributed by atoms with Crippen molar-refractivity contribution in [3.8, 4) is 5.75 Å². The normalized spacial score (nSPS) is 21.8. The van der Waals surface area contributed by atoms with Crippen molar-refractivity contribution in [2.24, 2.45) is 5.92 Å². The van der Waals surface area contributed by atoms with Crippen molar-refractivity contribution in [2.45, 2.75) is 32.6 Å². The van der Waals surface area contributed by atoms with Gasteiger partial charge in [0.1, 0.15) is 5.75 Å². The van der Waals surface area contributed by atoms with E-state index in [1.165, 1.54) is 10.5 Å². The largest absolute Gasteiger partial charge is 0.494 e. The fourth-order valence-corrected chi connectivity index (χ4v) is 4.41. The summed E-state index contributed by atoms with van der Waals surface area (Å²) >= 11 is 0. The number of para-hydroxylation sites is 1. The molecular formula is C24H26N2O3. The van der Waals surface area contributed by atoms with Crippen molar-refractivity contribution in [3.05, 3.63) is 65.9 Å². The summed E-state index contributed by atoms with van der Waals surface area (Å²) in [5.41, 5.74) is 3.80. The van der Waals surface area contributed by atoms with Crippen LogP contribution in [0.2, 0.25) is 0 Å². The van der Waals surface area contributed by atoms with Crippen molar-refractivity contribution < 1.29 is 14.3 Å². The first kappa shape index (κ1) is 19.2. The lowest BCUT2D eigenvalue weighted by Gasteiger charge is -2.25. The lowest BCUT2D eigenvalue weighted by atomic mass is 9.82. The van der Waals surface area contributed by atoms with Crippen LogP contribution in [0, 0.1) is 5.92 Å². The summed E-state index contributed by atoms with van der Waals surface area (Å²) in [6.45, 7) is 6.81. The molecule has 2 aromatic carbocycles. The van der Waals surface area contributed by atoms with Gasteiger partial charge in [0.05, 0.1) is 18.2 Å². The molecule has 5 nitrogen and oxygen atoms in total. The second-order valence-electron chi connectivity index (χ2n) is 8.06. The van der Waals surface area contributed by atoms with Gasteiger partial charge < -0.3 is 9.64 Å². The molecule has 0 aromatic heterocycles. The van der Waals surface area contributed by atoms with Crippen molar-refractivity contribution >= 4 is 23.2 Å². The molecule has 2 aromatic rings. The number of fused-ring (bicyclic) bond motifs is 1. The van der Waals surface area contributed by atoms with E-state index in [-0.39, 0.29) is 23.7 Å². The van der Waals surface area contributed by atoms with Gasteiger partial charge >= 0.3 is 0 Å². The number of allylic oxidation sites excluding steroid dienone is 1. The molecule has 0 spiro atoms. The van der Waals surface area contributed by atoms with Gasteiger partial charge in [-0.25, -0.2) is 0 Å². The Morgan fingerprint density at radius 1 is 1.10 bits per heavy atom. The Morgan fingerprint density at radius 2 is 1.79 bits per heavy atom. The van der Waals surface area contributed by atoms with E-state index in [1.807, 2.05) is 32.2 Å². The van der Waals surface area contributed by atoms with Gasteiger partial charge in [-0.3, -0.25) is 14.5 Å². The lowest BCUT2D eigenvalue weighted by molar-refractivity contribution is -0.121. The molecule has 0 unspecified atom stereocenters. The minimum atomic E-state index is -0.458. The Morgan fingerprint density at radius 3 is 2.45 bits per heavy atom. The van der Waals surface area contributed by atoms with Crippen molar-refractivity contribution in [3.63, 3.8) is 0 Å². The number of carbonyl (C=O) groups is 2. The van der Waals surface area contributed by atoms with E-state index < -0.39 is 5.92 Å². The summed E-state index contributed by atoms with van der Waals surface area (Å²) < 4.78 is 5.45. The van der Waals surface area contributed by atoms with E-state index in [1.54, 1.807) is 24.3 Å². The third kappa shape index (κ3) is 3.11. The Labute approximate surface area is 171 Å². The zero-order valence-corrected chi connectivity index (χ0v) is 17.3. The number of benzene rings is 2. The molecule has 1 atom stereocenters. The summed E-state index contributed by atoms with van der Waals surface area (Å²) in [6.07, 6.45) is 2.17. The predicted octanol–water partition coefficient (Wildman–Crippen LogP) is 4.28. The molecule has 2 heterocycles. The monoisotopic (exact) mass is 390 g/mol. The van der Waals surface area contributed by atoms with Crippen LogP contribution in [-0.2, 0) is 15.0 Å². The highest BCUT2D eigenvalue weighted by atomic mass is 16.5. The highest BCUT2D eigenvalue weighted by molar-refractivity contribution is 6.21. The van der Waals surface area contributed by atoms with Crippen LogP contribution >= 0.6 is 0 Å². The SMILES string of the molecule is CCOc1ccc(N2C(=O)C[C@H](/C=C3\N(C)c4ccccc4C3(C)C)C2=O)cc1. The number of hydrogen-bond acceptors (Lipinski definition) is 4. The third-order valence-corrected chi connectivity index (χ3v) is 5.89. The fourth-order valence-electron chi connectivity index (χ4n) is 4.41. The molecule has 1 fully saturated rings. The summed E-state index contributed by atoms with van der Waals surface area (Å²) in [6, 6.07) is 15.4. The molecule has 0 saturated carbocycles. The fraction of sp³-hybridized carbons (Fsp3) is 0.333. The smallest absolute Gasteiger partial charge is 0.241 e. The second-order valence-corrected chi connectivity index (χ2v) is 8.06. The lowest BCUT2D eigenvalue weighted by Crippen LogP contribution is -2.31. The van der Waals surface area contributed by atoms with E-state index in [0.29, 0.717) is 12.3 Å². The molecule has 0 aliphatic carbocycles. The highest BCUT2D eigenvalue weighted by Crippen LogP contribution is 2.47.